The maximum absolute atomic E-state index is 13.3. The number of likely N-dealkylation sites (tertiary alicyclic amines) is 1. The number of nitrogens with zero attached hydrogens (tertiary/aromatic N) is 2. The van der Waals surface area contributed by atoms with Gasteiger partial charge in [0.15, 0.2) is 0 Å². The van der Waals surface area contributed by atoms with Gasteiger partial charge in [0.05, 0.1) is 18.7 Å². The van der Waals surface area contributed by atoms with E-state index in [2.05, 4.69) is 20.9 Å². The first-order valence-corrected chi connectivity index (χ1v) is 11.8. The highest BCUT2D eigenvalue weighted by molar-refractivity contribution is 9.10. The van der Waals surface area contributed by atoms with E-state index in [1.165, 1.54) is 4.90 Å². The molecule has 0 radical (unpaired) electrons. The number of ketones is 1. The predicted octanol–water partition coefficient (Wildman–Crippen LogP) is 5.63. The van der Waals surface area contributed by atoms with E-state index in [-0.39, 0.29) is 17.9 Å². The number of carbonyl (C=O) groups is 2. The summed E-state index contributed by atoms with van der Waals surface area (Å²) in [7, 11) is 1.60. The molecule has 0 bridgehead atoms. The van der Waals surface area contributed by atoms with E-state index in [9.17, 15) is 14.7 Å². The van der Waals surface area contributed by atoms with Crippen LogP contribution < -0.4 is 4.74 Å². The molecule has 3 aromatic carbocycles. The van der Waals surface area contributed by atoms with E-state index in [0.29, 0.717) is 5.56 Å². The van der Waals surface area contributed by atoms with Crippen molar-refractivity contribution >= 4 is 44.2 Å². The second-order valence-corrected chi connectivity index (χ2v) is 9.19. The lowest BCUT2D eigenvalue weighted by Crippen LogP contribution is -2.29. The van der Waals surface area contributed by atoms with E-state index in [0.717, 1.165) is 32.1 Å². The number of benzene rings is 3. The number of amides is 1. The van der Waals surface area contributed by atoms with Crippen molar-refractivity contribution in [1.29, 1.82) is 0 Å². The van der Waals surface area contributed by atoms with Gasteiger partial charge in [-0.2, -0.15) is 0 Å². The molecule has 1 N–H and O–H groups in total. The van der Waals surface area contributed by atoms with Gasteiger partial charge in [0, 0.05) is 29.0 Å². The highest BCUT2D eigenvalue weighted by Crippen LogP contribution is 2.41. The molecule has 0 spiro atoms. The Kier molecular flexibility index (Phi) is 6.09. The van der Waals surface area contributed by atoms with Crippen molar-refractivity contribution in [3.05, 3.63) is 112 Å². The van der Waals surface area contributed by atoms with Gasteiger partial charge in [0.25, 0.3) is 11.7 Å². The zero-order chi connectivity index (χ0) is 24.5. The molecule has 2 heterocycles. The molecule has 6 nitrogen and oxygen atoms in total. The fourth-order valence-corrected chi connectivity index (χ4v) is 4.83. The largest absolute Gasteiger partial charge is 0.507 e. The van der Waals surface area contributed by atoms with Crippen LogP contribution in [0, 0.1) is 0 Å². The minimum absolute atomic E-state index is 0.0600. The Morgan fingerprint density at radius 1 is 1.03 bits per heavy atom. The lowest BCUT2D eigenvalue weighted by molar-refractivity contribution is -0.140. The summed E-state index contributed by atoms with van der Waals surface area (Å²) in [5.41, 5.74) is 2.02. The zero-order valence-electron chi connectivity index (χ0n) is 18.8. The van der Waals surface area contributed by atoms with Gasteiger partial charge in [-0.05, 0) is 58.3 Å². The van der Waals surface area contributed by atoms with Crippen LogP contribution in [0.2, 0.25) is 0 Å². The number of methoxy groups -OCH3 is 1. The van der Waals surface area contributed by atoms with Crippen LogP contribution in [0.4, 0.5) is 0 Å². The Bertz CT molecular complexity index is 1480. The molecule has 0 aliphatic carbocycles. The standard InChI is InChI=1S/C28H21BrN2O4/c1-35-23-10-9-18-12-21(8-7-19(18)14-23)26(32)24-25(20-5-2-6-22(29)13-20)31(28(34)27(24)33)16-17-4-3-11-30-15-17/h2-15,25,32H,16H2,1H3/b26-24+. The minimum atomic E-state index is -0.751. The predicted molar refractivity (Wildman–Crippen MR) is 137 cm³/mol. The maximum atomic E-state index is 13.3. The molecule has 174 valence electrons. The van der Waals surface area contributed by atoms with Crippen molar-refractivity contribution in [2.75, 3.05) is 7.11 Å². The van der Waals surface area contributed by atoms with Gasteiger partial charge in [-0.3, -0.25) is 14.6 Å². The van der Waals surface area contributed by atoms with Crippen molar-refractivity contribution in [2.45, 2.75) is 12.6 Å². The fourth-order valence-electron chi connectivity index (χ4n) is 4.41. The molecule has 1 atom stereocenters. The van der Waals surface area contributed by atoms with Crippen molar-refractivity contribution in [3.8, 4) is 5.75 Å². The Morgan fingerprint density at radius 2 is 1.83 bits per heavy atom. The lowest BCUT2D eigenvalue weighted by atomic mass is 9.94. The van der Waals surface area contributed by atoms with Gasteiger partial charge < -0.3 is 14.7 Å². The van der Waals surface area contributed by atoms with Crippen molar-refractivity contribution < 1.29 is 19.4 Å². The summed E-state index contributed by atoms with van der Waals surface area (Å²) < 4.78 is 6.09. The summed E-state index contributed by atoms with van der Waals surface area (Å²) in [6, 6.07) is 21.3. The summed E-state index contributed by atoms with van der Waals surface area (Å²) in [6.07, 6.45) is 3.31. The summed E-state index contributed by atoms with van der Waals surface area (Å²) in [6.45, 7) is 0.184. The van der Waals surface area contributed by atoms with Crippen LogP contribution in [0.1, 0.15) is 22.7 Å². The van der Waals surface area contributed by atoms with Gasteiger partial charge in [-0.15, -0.1) is 0 Å². The Morgan fingerprint density at radius 3 is 2.57 bits per heavy atom. The number of halogens is 1. The lowest BCUT2D eigenvalue weighted by Gasteiger charge is -2.25. The first-order valence-electron chi connectivity index (χ1n) is 11.0. The quantitative estimate of drug-likeness (QED) is 0.206. The monoisotopic (exact) mass is 528 g/mol. The van der Waals surface area contributed by atoms with E-state index in [4.69, 9.17) is 4.74 Å². The molecule has 7 heteroatoms. The highest BCUT2D eigenvalue weighted by Gasteiger charge is 2.46. The molecule has 1 saturated heterocycles. The average Bonchev–Trinajstić information content (AvgIpc) is 3.13. The van der Waals surface area contributed by atoms with Crippen LogP contribution >= 0.6 is 15.9 Å². The third kappa shape index (κ3) is 4.31. The Labute approximate surface area is 210 Å². The summed E-state index contributed by atoms with van der Waals surface area (Å²) in [5, 5.41) is 13.2. The number of hydrogen-bond donors (Lipinski definition) is 1. The number of hydrogen-bond acceptors (Lipinski definition) is 5. The van der Waals surface area contributed by atoms with E-state index in [1.54, 1.807) is 37.7 Å². The molecular weight excluding hydrogens is 508 g/mol. The van der Waals surface area contributed by atoms with Gasteiger partial charge in [0.2, 0.25) is 0 Å². The van der Waals surface area contributed by atoms with Crippen LogP contribution in [0.25, 0.3) is 16.5 Å². The van der Waals surface area contributed by atoms with Gasteiger partial charge in [-0.1, -0.05) is 52.3 Å². The first kappa shape index (κ1) is 22.8. The average molecular weight is 529 g/mol. The number of pyridine rings is 1. The van der Waals surface area contributed by atoms with Crippen LogP contribution in [0.15, 0.2) is 95.2 Å². The van der Waals surface area contributed by atoms with Crippen LogP contribution in [-0.2, 0) is 16.1 Å². The molecule has 1 unspecified atom stereocenters. The Hall–Kier alpha value is -3.97. The van der Waals surface area contributed by atoms with E-state index in [1.807, 2.05) is 54.6 Å². The molecule has 5 rings (SSSR count). The minimum Gasteiger partial charge on any atom is -0.507 e. The van der Waals surface area contributed by atoms with Gasteiger partial charge >= 0.3 is 0 Å². The molecule has 35 heavy (non-hydrogen) atoms. The third-order valence-corrected chi connectivity index (χ3v) is 6.59. The third-order valence-electron chi connectivity index (χ3n) is 6.10. The van der Waals surface area contributed by atoms with Crippen molar-refractivity contribution in [3.63, 3.8) is 0 Å². The van der Waals surface area contributed by atoms with Crippen LogP contribution in [-0.4, -0.2) is 33.8 Å². The molecule has 1 amide bonds. The summed E-state index contributed by atoms with van der Waals surface area (Å²) >= 11 is 3.48. The van der Waals surface area contributed by atoms with E-state index >= 15 is 0 Å². The Balaban J connectivity index is 1.65. The number of carbonyl (C=O) groups excluding carboxylic acids is 2. The number of fused-ring (bicyclic) bond motifs is 1. The SMILES string of the molecule is COc1ccc2cc(/C(O)=C3\C(=O)C(=O)N(Cc4cccnc4)C3c3cccc(Br)c3)ccc2c1. The summed E-state index contributed by atoms with van der Waals surface area (Å²) in [5.74, 6) is -0.859. The molecule has 1 aliphatic rings. The van der Waals surface area contributed by atoms with E-state index < -0.39 is 17.7 Å². The molecular formula is C28H21BrN2O4. The number of aliphatic hydroxyl groups is 1. The second-order valence-electron chi connectivity index (χ2n) is 8.27. The molecule has 0 saturated carbocycles. The topological polar surface area (TPSA) is 79.7 Å². The molecule has 1 aliphatic heterocycles. The van der Waals surface area contributed by atoms with Gasteiger partial charge in [0.1, 0.15) is 11.5 Å². The second kappa shape index (κ2) is 9.35. The van der Waals surface area contributed by atoms with Crippen molar-refractivity contribution in [1.82, 2.24) is 9.88 Å². The number of Topliss-reactive ketones (excluding diaryl/α,β-unsaturated/α-hetero) is 1. The molecule has 1 aromatic heterocycles. The zero-order valence-corrected chi connectivity index (χ0v) is 20.4. The number of aliphatic hydroxyl groups excluding tert-OH is 1. The van der Waals surface area contributed by atoms with Crippen LogP contribution in [0.5, 0.6) is 5.75 Å². The van der Waals surface area contributed by atoms with Gasteiger partial charge in [-0.25, -0.2) is 0 Å². The highest BCUT2D eigenvalue weighted by atomic mass is 79.9. The number of aromatic nitrogens is 1. The van der Waals surface area contributed by atoms with Crippen molar-refractivity contribution in [2.24, 2.45) is 0 Å². The maximum Gasteiger partial charge on any atom is 0.295 e. The number of ether oxygens (including phenoxy) is 1. The first-order chi connectivity index (χ1) is 17.0. The fraction of sp³-hybridized carbons (Fsp3) is 0.107. The normalized spacial score (nSPS) is 17.2. The van der Waals surface area contributed by atoms with Crippen LogP contribution in [0.3, 0.4) is 0 Å². The number of rotatable bonds is 5. The summed E-state index contributed by atoms with van der Waals surface area (Å²) in [4.78, 5) is 32.1. The molecule has 4 aromatic rings. The molecule has 1 fully saturated rings. The smallest absolute Gasteiger partial charge is 0.295 e.